The quantitative estimate of drug-likeness (QED) is 0.475. The van der Waals surface area contributed by atoms with Crippen LogP contribution in [0.4, 0.5) is 0 Å². The minimum absolute atomic E-state index is 0.0855. The van der Waals surface area contributed by atoms with Crippen LogP contribution in [0.5, 0.6) is 17.2 Å². The zero-order valence-electron chi connectivity index (χ0n) is 15.0. The van der Waals surface area contributed by atoms with Gasteiger partial charge in [0.15, 0.2) is 17.3 Å². The number of H-pyrrole nitrogens is 1. The first-order chi connectivity index (χ1) is 13.1. The minimum Gasteiger partial charge on any atom is -0.504 e. The third kappa shape index (κ3) is 4.35. The Morgan fingerprint density at radius 2 is 2.00 bits per heavy atom. The molecule has 7 nitrogen and oxygen atoms in total. The fourth-order valence-electron chi connectivity index (χ4n) is 2.48. The molecule has 0 radical (unpaired) electrons. The highest BCUT2D eigenvalue weighted by atomic mass is 32.1. The number of phenolic OH excluding ortho intramolecular Hbond substituents is 1. The van der Waals surface area contributed by atoms with Crippen molar-refractivity contribution in [1.82, 2.24) is 14.9 Å². The standard InChI is InChI=1S/C19H20N4O3S/c1-3-25-15-7-5-6-14(11-15)18-21-22-19(27)23(18)20-12-13-8-9-16(24)17(10-13)26-4-2/h5-12,24H,3-4H2,1-2H3,(H,22,27). The maximum absolute atomic E-state index is 9.81. The third-order valence-electron chi connectivity index (χ3n) is 3.66. The molecule has 0 amide bonds. The lowest BCUT2D eigenvalue weighted by Crippen LogP contribution is -1.97. The summed E-state index contributed by atoms with van der Waals surface area (Å²) in [4.78, 5) is 0. The molecule has 0 aliphatic rings. The summed E-state index contributed by atoms with van der Waals surface area (Å²) in [6.45, 7) is 4.83. The number of aromatic nitrogens is 3. The van der Waals surface area contributed by atoms with Crippen molar-refractivity contribution in [2.45, 2.75) is 13.8 Å². The van der Waals surface area contributed by atoms with Crippen LogP contribution in [0.2, 0.25) is 0 Å². The minimum atomic E-state index is 0.0855. The molecule has 3 rings (SSSR count). The van der Waals surface area contributed by atoms with E-state index in [0.29, 0.717) is 29.6 Å². The highest BCUT2D eigenvalue weighted by Gasteiger charge is 2.09. The molecule has 0 aliphatic heterocycles. The van der Waals surface area contributed by atoms with E-state index in [0.717, 1.165) is 16.9 Å². The van der Waals surface area contributed by atoms with Crippen LogP contribution in [0.3, 0.4) is 0 Å². The molecular formula is C19H20N4O3S. The van der Waals surface area contributed by atoms with E-state index < -0.39 is 0 Å². The number of phenols is 1. The number of nitrogens with one attached hydrogen (secondary N) is 1. The smallest absolute Gasteiger partial charge is 0.216 e. The Balaban J connectivity index is 1.94. The molecule has 0 unspecified atom stereocenters. The molecule has 2 N–H and O–H groups in total. The Morgan fingerprint density at radius 3 is 2.78 bits per heavy atom. The van der Waals surface area contributed by atoms with E-state index in [1.54, 1.807) is 24.4 Å². The van der Waals surface area contributed by atoms with Crippen LogP contribution in [-0.4, -0.2) is 39.4 Å². The zero-order chi connectivity index (χ0) is 19.2. The van der Waals surface area contributed by atoms with E-state index in [2.05, 4.69) is 15.3 Å². The van der Waals surface area contributed by atoms with Crippen molar-refractivity contribution in [3.05, 3.63) is 52.8 Å². The second kappa shape index (κ2) is 8.50. The largest absolute Gasteiger partial charge is 0.504 e. The lowest BCUT2D eigenvalue weighted by atomic mass is 10.2. The molecule has 27 heavy (non-hydrogen) atoms. The number of ether oxygens (including phenoxy) is 2. The van der Waals surface area contributed by atoms with Crippen LogP contribution < -0.4 is 9.47 Å². The second-order valence-corrected chi connectivity index (χ2v) is 5.92. The molecule has 2 aromatic carbocycles. The summed E-state index contributed by atoms with van der Waals surface area (Å²) >= 11 is 5.30. The summed E-state index contributed by atoms with van der Waals surface area (Å²) in [6.07, 6.45) is 1.63. The van der Waals surface area contributed by atoms with Gasteiger partial charge in [-0.15, -0.1) is 0 Å². The molecule has 8 heteroatoms. The SMILES string of the molecule is CCOc1cccc(-c2n[nH]c(=S)n2N=Cc2ccc(O)c(OCC)c2)c1. The maximum atomic E-state index is 9.81. The van der Waals surface area contributed by atoms with Crippen LogP contribution >= 0.6 is 12.2 Å². The van der Waals surface area contributed by atoms with Crippen molar-refractivity contribution in [3.63, 3.8) is 0 Å². The van der Waals surface area contributed by atoms with Crippen LogP contribution in [-0.2, 0) is 0 Å². The maximum Gasteiger partial charge on any atom is 0.216 e. The molecule has 140 valence electrons. The predicted octanol–water partition coefficient (Wildman–Crippen LogP) is 3.99. The van der Waals surface area contributed by atoms with Crippen molar-refractivity contribution < 1.29 is 14.6 Å². The highest BCUT2D eigenvalue weighted by molar-refractivity contribution is 7.71. The normalized spacial score (nSPS) is 11.0. The highest BCUT2D eigenvalue weighted by Crippen LogP contribution is 2.26. The third-order valence-corrected chi connectivity index (χ3v) is 3.92. The van der Waals surface area contributed by atoms with Gasteiger partial charge in [0.25, 0.3) is 0 Å². The number of benzene rings is 2. The Bertz CT molecular complexity index is 1010. The summed E-state index contributed by atoms with van der Waals surface area (Å²) in [5.41, 5.74) is 1.58. The van der Waals surface area contributed by atoms with Gasteiger partial charge in [0.1, 0.15) is 5.75 Å². The summed E-state index contributed by atoms with van der Waals surface area (Å²) in [7, 11) is 0. The van der Waals surface area contributed by atoms with Gasteiger partial charge < -0.3 is 14.6 Å². The van der Waals surface area contributed by atoms with E-state index in [1.807, 2.05) is 38.1 Å². The van der Waals surface area contributed by atoms with Gasteiger partial charge in [-0.3, -0.25) is 0 Å². The molecule has 0 saturated heterocycles. The summed E-state index contributed by atoms with van der Waals surface area (Å²) < 4.78 is 12.8. The van der Waals surface area contributed by atoms with Crippen LogP contribution in [0.1, 0.15) is 19.4 Å². The van der Waals surface area contributed by atoms with Crippen molar-refractivity contribution >= 4 is 18.4 Å². The van der Waals surface area contributed by atoms with E-state index in [4.69, 9.17) is 21.7 Å². The monoisotopic (exact) mass is 384 g/mol. The van der Waals surface area contributed by atoms with Crippen LogP contribution in [0, 0.1) is 4.77 Å². The first-order valence-corrected chi connectivity index (χ1v) is 8.94. The van der Waals surface area contributed by atoms with Crippen molar-refractivity contribution in [2.24, 2.45) is 5.10 Å². The Kier molecular flexibility index (Phi) is 5.87. The van der Waals surface area contributed by atoms with Gasteiger partial charge in [0.05, 0.1) is 19.4 Å². The van der Waals surface area contributed by atoms with E-state index >= 15 is 0 Å². The van der Waals surface area contributed by atoms with E-state index in [9.17, 15) is 5.11 Å². The topological polar surface area (TPSA) is 84.7 Å². The zero-order valence-corrected chi connectivity index (χ0v) is 15.9. The van der Waals surface area contributed by atoms with Gasteiger partial charge in [-0.2, -0.15) is 14.9 Å². The van der Waals surface area contributed by atoms with E-state index in [-0.39, 0.29) is 5.75 Å². The lowest BCUT2D eigenvalue weighted by Gasteiger charge is -2.07. The summed E-state index contributed by atoms with van der Waals surface area (Å²) in [6, 6.07) is 12.6. The van der Waals surface area contributed by atoms with Gasteiger partial charge in [0.2, 0.25) is 4.77 Å². The van der Waals surface area contributed by atoms with Gasteiger partial charge in [-0.05, 0) is 62.0 Å². The van der Waals surface area contributed by atoms with Crippen molar-refractivity contribution in [3.8, 4) is 28.6 Å². The number of rotatable bonds is 7. The Labute approximate surface area is 161 Å². The molecule has 0 atom stereocenters. The molecule has 1 heterocycles. The molecule has 0 saturated carbocycles. The van der Waals surface area contributed by atoms with Gasteiger partial charge in [-0.25, -0.2) is 5.10 Å². The fourth-order valence-corrected chi connectivity index (χ4v) is 2.66. The number of hydrogen-bond acceptors (Lipinski definition) is 6. The molecular weight excluding hydrogens is 364 g/mol. The van der Waals surface area contributed by atoms with Gasteiger partial charge in [0, 0.05) is 5.56 Å². The average Bonchev–Trinajstić information content (AvgIpc) is 3.04. The number of hydrogen-bond donors (Lipinski definition) is 2. The molecule has 0 fully saturated rings. The van der Waals surface area contributed by atoms with Crippen LogP contribution in [0.15, 0.2) is 47.6 Å². The van der Waals surface area contributed by atoms with Crippen molar-refractivity contribution in [2.75, 3.05) is 13.2 Å². The van der Waals surface area contributed by atoms with E-state index in [1.165, 1.54) is 4.68 Å². The fraction of sp³-hybridized carbons (Fsp3) is 0.211. The van der Waals surface area contributed by atoms with Crippen LogP contribution in [0.25, 0.3) is 11.4 Å². The van der Waals surface area contributed by atoms with Gasteiger partial charge >= 0.3 is 0 Å². The number of aromatic amines is 1. The number of nitrogens with zero attached hydrogens (tertiary/aromatic N) is 3. The lowest BCUT2D eigenvalue weighted by molar-refractivity contribution is 0.318. The predicted molar refractivity (Wildman–Crippen MR) is 106 cm³/mol. The van der Waals surface area contributed by atoms with Gasteiger partial charge in [-0.1, -0.05) is 12.1 Å². The first kappa shape index (κ1) is 18.7. The number of aromatic hydroxyl groups is 1. The average molecular weight is 384 g/mol. The first-order valence-electron chi connectivity index (χ1n) is 8.53. The summed E-state index contributed by atoms with van der Waals surface area (Å²) in [5.74, 6) is 1.81. The molecule has 3 aromatic rings. The molecule has 0 spiro atoms. The summed E-state index contributed by atoms with van der Waals surface area (Å²) in [5, 5.41) is 21.3. The van der Waals surface area contributed by atoms with Crippen molar-refractivity contribution in [1.29, 1.82) is 0 Å². The Hall–Kier alpha value is -3.13. The second-order valence-electron chi connectivity index (χ2n) is 5.53. The Morgan fingerprint density at radius 1 is 1.19 bits per heavy atom. The molecule has 0 aliphatic carbocycles. The molecule has 1 aromatic heterocycles. The molecule has 0 bridgehead atoms.